The maximum absolute atomic E-state index is 11.9. The number of aromatic nitrogens is 2. The Morgan fingerprint density at radius 2 is 2.24 bits per heavy atom. The Labute approximate surface area is 95.8 Å². The molecule has 0 saturated heterocycles. The number of hydrogen-bond acceptors (Lipinski definition) is 3. The van der Waals surface area contributed by atoms with E-state index < -0.39 is 25.0 Å². The first-order valence-corrected chi connectivity index (χ1v) is 5.01. The minimum Gasteiger partial charge on any atom is -0.396 e. The fourth-order valence-electron chi connectivity index (χ4n) is 1.18. The molecule has 0 aromatic carbocycles. The summed E-state index contributed by atoms with van der Waals surface area (Å²) >= 11 is 0. The SMILES string of the molecule is CCn1cc(N)c(C(=O)NCCC(F)(F)F)n1. The monoisotopic (exact) mass is 250 g/mol. The molecule has 1 aromatic heterocycles. The van der Waals surface area contributed by atoms with Gasteiger partial charge < -0.3 is 11.1 Å². The lowest BCUT2D eigenvalue weighted by Crippen LogP contribution is -2.28. The number of alkyl halides is 3. The summed E-state index contributed by atoms with van der Waals surface area (Å²) in [5.41, 5.74) is 5.61. The Kier molecular flexibility index (Phi) is 3.97. The summed E-state index contributed by atoms with van der Waals surface area (Å²) in [6.45, 7) is 1.85. The van der Waals surface area contributed by atoms with Crippen LogP contribution in [-0.4, -0.2) is 28.4 Å². The molecular weight excluding hydrogens is 237 g/mol. The van der Waals surface area contributed by atoms with Gasteiger partial charge in [0.25, 0.3) is 5.91 Å². The first kappa shape index (κ1) is 13.3. The van der Waals surface area contributed by atoms with Gasteiger partial charge in [-0.05, 0) is 6.92 Å². The molecule has 0 aliphatic heterocycles. The van der Waals surface area contributed by atoms with Crippen molar-refractivity contribution in [3.8, 4) is 0 Å². The molecule has 96 valence electrons. The highest BCUT2D eigenvalue weighted by atomic mass is 19.4. The van der Waals surface area contributed by atoms with Crippen molar-refractivity contribution in [3.63, 3.8) is 0 Å². The van der Waals surface area contributed by atoms with Crippen LogP contribution in [0.25, 0.3) is 0 Å². The predicted molar refractivity (Wildman–Crippen MR) is 55.3 cm³/mol. The Balaban J connectivity index is 2.55. The van der Waals surface area contributed by atoms with Gasteiger partial charge in [0.15, 0.2) is 5.69 Å². The van der Waals surface area contributed by atoms with Gasteiger partial charge in [-0.1, -0.05) is 0 Å². The zero-order chi connectivity index (χ0) is 13.1. The average Bonchev–Trinajstić information content (AvgIpc) is 2.57. The van der Waals surface area contributed by atoms with Gasteiger partial charge in [0.2, 0.25) is 0 Å². The van der Waals surface area contributed by atoms with Gasteiger partial charge in [0.05, 0.1) is 12.1 Å². The Morgan fingerprint density at radius 1 is 1.59 bits per heavy atom. The molecule has 1 rings (SSSR count). The maximum Gasteiger partial charge on any atom is 0.390 e. The van der Waals surface area contributed by atoms with E-state index in [4.69, 9.17) is 5.73 Å². The number of halogens is 3. The summed E-state index contributed by atoms with van der Waals surface area (Å²) in [5.74, 6) is -0.695. The van der Waals surface area contributed by atoms with Crippen molar-refractivity contribution >= 4 is 11.6 Å². The lowest BCUT2D eigenvalue weighted by molar-refractivity contribution is -0.132. The lowest BCUT2D eigenvalue weighted by Gasteiger charge is -2.06. The van der Waals surface area contributed by atoms with Gasteiger partial charge in [0, 0.05) is 19.3 Å². The number of amides is 1. The van der Waals surface area contributed by atoms with Crippen molar-refractivity contribution in [2.24, 2.45) is 0 Å². The van der Waals surface area contributed by atoms with Gasteiger partial charge in [-0.25, -0.2) is 0 Å². The normalized spacial score (nSPS) is 11.5. The Bertz CT molecular complexity index is 399. The molecule has 0 bridgehead atoms. The number of nitrogens with one attached hydrogen (secondary N) is 1. The number of aryl methyl sites for hydroxylation is 1. The van der Waals surface area contributed by atoms with Crippen molar-refractivity contribution in [2.75, 3.05) is 12.3 Å². The second-order valence-electron chi connectivity index (χ2n) is 3.41. The second-order valence-corrected chi connectivity index (χ2v) is 3.41. The van der Waals surface area contributed by atoms with Crippen molar-refractivity contribution < 1.29 is 18.0 Å². The minimum absolute atomic E-state index is 0.0472. The van der Waals surface area contributed by atoms with E-state index >= 15 is 0 Å². The number of rotatable bonds is 4. The molecule has 3 N–H and O–H groups in total. The van der Waals surface area contributed by atoms with E-state index in [0.717, 1.165) is 0 Å². The largest absolute Gasteiger partial charge is 0.396 e. The number of nitrogens with two attached hydrogens (primary N) is 1. The van der Waals surface area contributed by atoms with E-state index in [1.807, 2.05) is 0 Å². The summed E-state index contributed by atoms with van der Waals surface area (Å²) in [6, 6.07) is 0. The van der Waals surface area contributed by atoms with Crippen molar-refractivity contribution in [2.45, 2.75) is 26.1 Å². The molecule has 0 unspecified atom stereocenters. The minimum atomic E-state index is -4.29. The predicted octanol–water partition coefficient (Wildman–Crippen LogP) is 1.17. The molecule has 0 atom stereocenters. The topological polar surface area (TPSA) is 72.9 Å². The first-order chi connectivity index (χ1) is 7.83. The smallest absolute Gasteiger partial charge is 0.390 e. The number of anilines is 1. The van der Waals surface area contributed by atoms with Crippen LogP contribution < -0.4 is 11.1 Å². The third-order valence-corrected chi connectivity index (χ3v) is 2.02. The summed E-state index contributed by atoms with van der Waals surface area (Å²) in [6.07, 6.45) is -3.91. The van der Waals surface area contributed by atoms with E-state index in [2.05, 4.69) is 10.4 Å². The van der Waals surface area contributed by atoms with Crippen LogP contribution in [0, 0.1) is 0 Å². The molecule has 17 heavy (non-hydrogen) atoms. The van der Waals surface area contributed by atoms with Gasteiger partial charge in [-0.15, -0.1) is 0 Å². The van der Waals surface area contributed by atoms with Gasteiger partial charge in [-0.2, -0.15) is 18.3 Å². The highest BCUT2D eigenvalue weighted by Crippen LogP contribution is 2.18. The molecule has 0 fully saturated rings. The van der Waals surface area contributed by atoms with Crippen LogP contribution >= 0.6 is 0 Å². The summed E-state index contributed by atoms with van der Waals surface area (Å²) in [4.78, 5) is 11.4. The van der Waals surface area contributed by atoms with E-state index in [9.17, 15) is 18.0 Å². The number of nitrogens with zero attached hydrogens (tertiary/aromatic N) is 2. The third kappa shape index (κ3) is 3.97. The van der Waals surface area contributed by atoms with Gasteiger partial charge in [0.1, 0.15) is 0 Å². The zero-order valence-corrected chi connectivity index (χ0v) is 9.21. The number of carbonyl (C=O) groups excluding carboxylic acids is 1. The summed E-state index contributed by atoms with van der Waals surface area (Å²) < 4.78 is 37.0. The highest BCUT2D eigenvalue weighted by molar-refractivity contribution is 5.96. The first-order valence-electron chi connectivity index (χ1n) is 5.01. The standard InChI is InChI=1S/C9H13F3N4O/c1-2-16-5-6(13)7(15-16)8(17)14-4-3-9(10,11)12/h5H,2-4,13H2,1H3,(H,14,17). The molecule has 0 spiro atoms. The fraction of sp³-hybridized carbons (Fsp3) is 0.556. The Hall–Kier alpha value is -1.73. The molecule has 0 radical (unpaired) electrons. The van der Waals surface area contributed by atoms with E-state index in [0.29, 0.717) is 6.54 Å². The molecule has 5 nitrogen and oxygen atoms in total. The molecular formula is C9H13F3N4O. The van der Waals surface area contributed by atoms with Gasteiger partial charge in [-0.3, -0.25) is 9.48 Å². The van der Waals surface area contributed by atoms with Crippen LogP contribution in [0.5, 0.6) is 0 Å². The van der Waals surface area contributed by atoms with E-state index in [-0.39, 0.29) is 11.4 Å². The number of hydrogen-bond donors (Lipinski definition) is 2. The zero-order valence-electron chi connectivity index (χ0n) is 9.21. The molecule has 8 heteroatoms. The highest BCUT2D eigenvalue weighted by Gasteiger charge is 2.27. The van der Waals surface area contributed by atoms with E-state index in [1.54, 1.807) is 6.92 Å². The molecule has 0 aliphatic rings. The second kappa shape index (κ2) is 5.07. The molecule has 1 heterocycles. The van der Waals surface area contributed by atoms with Crippen LogP contribution in [0.4, 0.5) is 18.9 Å². The van der Waals surface area contributed by atoms with Crippen LogP contribution in [0.2, 0.25) is 0 Å². The summed E-state index contributed by atoms with van der Waals surface area (Å²) in [7, 11) is 0. The van der Waals surface area contributed by atoms with Crippen LogP contribution in [-0.2, 0) is 6.54 Å². The van der Waals surface area contributed by atoms with Gasteiger partial charge >= 0.3 is 6.18 Å². The molecule has 1 aromatic rings. The van der Waals surface area contributed by atoms with Crippen molar-refractivity contribution in [1.29, 1.82) is 0 Å². The van der Waals surface area contributed by atoms with Crippen LogP contribution in [0.1, 0.15) is 23.8 Å². The average molecular weight is 250 g/mol. The molecule has 1 amide bonds. The third-order valence-electron chi connectivity index (χ3n) is 2.02. The summed E-state index contributed by atoms with van der Waals surface area (Å²) in [5, 5.41) is 5.96. The lowest BCUT2D eigenvalue weighted by atomic mass is 10.3. The number of nitrogen functional groups attached to an aromatic ring is 1. The molecule has 0 saturated carbocycles. The number of carbonyl (C=O) groups is 1. The molecule has 0 aliphatic carbocycles. The van der Waals surface area contributed by atoms with Crippen LogP contribution in [0.3, 0.4) is 0 Å². The maximum atomic E-state index is 11.9. The van der Waals surface area contributed by atoms with E-state index in [1.165, 1.54) is 10.9 Å². The Morgan fingerprint density at radius 3 is 2.71 bits per heavy atom. The van der Waals surface area contributed by atoms with Crippen LogP contribution in [0.15, 0.2) is 6.20 Å². The quantitative estimate of drug-likeness (QED) is 0.842. The van der Waals surface area contributed by atoms with Crippen molar-refractivity contribution in [3.05, 3.63) is 11.9 Å². The fourth-order valence-corrected chi connectivity index (χ4v) is 1.18. The van der Waals surface area contributed by atoms with Crippen molar-refractivity contribution in [1.82, 2.24) is 15.1 Å².